The van der Waals surface area contributed by atoms with E-state index in [1.54, 1.807) is 0 Å². The number of rotatable bonds is 55. The lowest BCUT2D eigenvalue weighted by molar-refractivity contribution is -0.167. The molecule has 6 heteroatoms. The molecule has 0 aliphatic rings. The zero-order valence-corrected chi connectivity index (χ0v) is 46.1. The average Bonchev–Trinajstić information content (AvgIpc) is 3.35. The Balaban J connectivity index is 4.35. The lowest BCUT2D eigenvalue weighted by atomic mass is 10.0. The van der Waals surface area contributed by atoms with Gasteiger partial charge in [0.2, 0.25) is 0 Å². The highest BCUT2D eigenvalue weighted by Crippen LogP contribution is 2.16. The first kappa shape index (κ1) is 66.4. The number of esters is 3. The van der Waals surface area contributed by atoms with Crippen LogP contribution in [0.3, 0.4) is 0 Å². The first-order chi connectivity index (χ1) is 34.0. The number of hydrogen-bond acceptors (Lipinski definition) is 6. The van der Waals surface area contributed by atoms with E-state index in [-0.39, 0.29) is 31.1 Å². The molecule has 0 saturated heterocycles. The van der Waals surface area contributed by atoms with E-state index < -0.39 is 6.10 Å². The maximum atomic E-state index is 12.9. The summed E-state index contributed by atoms with van der Waals surface area (Å²) in [6.45, 7) is 6.63. The lowest BCUT2D eigenvalue weighted by Crippen LogP contribution is -2.30. The van der Waals surface area contributed by atoms with Crippen molar-refractivity contribution in [3.63, 3.8) is 0 Å². The van der Waals surface area contributed by atoms with E-state index in [1.165, 1.54) is 193 Å². The van der Waals surface area contributed by atoms with Crippen molar-refractivity contribution in [1.82, 2.24) is 0 Å². The monoisotopic (exact) mass is 967 g/mol. The third-order valence-corrected chi connectivity index (χ3v) is 13.3. The molecule has 0 aromatic carbocycles. The van der Waals surface area contributed by atoms with Crippen molar-refractivity contribution in [3.05, 3.63) is 48.6 Å². The predicted octanol–water partition coefficient (Wildman–Crippen LogP) is 20.2. The van der Waals surface area contributed by atoms with Crippen LogP contribution in [-0.2, 0) is 28.6 Å². The maximum Gasteiger partial charge on any atom is 0.306 e. The van der Waals surface area contributed by atoms with Crippen molar-refractivity contribution in [2.45, 2.75) is 322 Å². The lowest BCUT2D eigenvalue weighted by Gasteiger charge is -2.18. The fraction of sp³-hybridized carbons (Fsp3) is 0.825. The van der Waals surface area contributed by atoms with Gasteiger partial charge in [-0.1, -0.05) is 262 Å². The second kappa shape index (κ2) is 57.9. The summed E-state index contributed by atoms with van der Waals surface area (Å²) in [7, 11) is 0. The minimum atomic E-state index is -0.780. The van der Waals surface area contributed by atoms with E-state index >= 15 is 0 Å². The van der Waals surface area contributed by atoms with Gasteiger partial charge in [0.25, 0.3) is 0 Å². The third-order valence-electron chi connectivity index (χ3n) is 13.3. The van der Waals surface area contributed by atoms with Crippen LogP contribution < -0.4 is 0 Å². The van der Waals surface area contributed by atoms with Crippen LogP contribution in [0.25, 0.3) is 0 Å². The molecule has 0 spiro atoms. The molecule has 0 aliphatic carbocycles. The zero-order chi connectivity index (χ0) is 50.0. The highest BCUT2D eigenvalue weighted by Gasteiger charge is 2.19. The molecule has 1 atom stereocenters. The van der Waals surface area contributed by atoms with Crippen LogP contribution in [-0.4, -0.2) is 37.2 Å². The fourth-order valence-corrected chi connectivity index (χ4v) is 8.74. The van der Waals surface area contributed by atoms with E-state index in [0.717, 1.165) is 83.5 Å². The topological polar surface area (TPSA) is 78.9 Å². The maximum absolute atomic E-state index is 12.9. The smallest absolute Gasteiger partial charge is 0.306 e. The van der Waals surface area contributed by atoms with Gasteiger partial charge >= 0.3 is 17.9 Å². The Kier molecular flexibility index (Phi) is 55.7. The van der Waals surface area contributed by atoms with Gasteiger partial charge in [0.15, 0.2) is 6.10 Å². The van der Waals surface area contributed by atoms with Crippen molar-refractivity contribution < 1.29 is 28.6 Å². The summed E-state index contributed by atoms with van der Waals surface area (Å²) in [4.78, 5) is 38.2. The molecule has 0 N–H and O–H groups in total. The minimum absolute atomic E-state index is 0.0772. The van der Waals surface area contributed by atoms with Crippen molar-refractivity contribution >= 4 is 17.9 Å². The summed E-state index contributed by atoms with van der Waals surface area (Å²) in [5.74, 6) is -0.884. The number of ether oxygens (including phenoxy) is 3. The number of carbonyl (C=O) groups excluding carboxylic acids is 3. The Morgan fingerprint density at radius 3 is 0.855 bits per heavy atom. The minimum Gasteiger partial charge on any atom is -0.462 e. The van der Waals surface area contributed by atoms with Crippen molar-refractivity contribution in [3.8, 4) is 0 Å². The van der Waals surface area contributed by atoms with E-state index in [2.05, 4.69) is 69.4 Å². The average molecular weight is 968 g/mol. The molecule has 402 valence electrons. The van der Waals surface area contributed by atoms with Gasteiger partial charge in [-0.3, -0.25) is 14.4 Å². The molecule has 0 radical (unpaired) electrons. The first-order valence-corrected chi connectivity index (χ1v) is 30.1. The molecule has 0 heterocycles. The quantitative estimate of drug-likeness (QED) is 0.0262. The van der Waals surface area contributed by atoms with Crippen LogP contribution >= 0.6 is 0 Å². The highest BCUT2D eigenvalue weighted by molar-refractivity contribution is 5.71. The Labute approximate surface area is 428 Å². The van der Waals surface area contributed by atoms with Crippen LogP contribution in [0.4, 0.5) is 0 Å². The first-order valence-electron chi connectivity index (χ1n) is 30.1. The second-order valence-corrected chi connectivity index (χ2v) is 20.3. The summed E-state index contributed by atoms with van der Waals surface area (Å²) in [6, 6.07) is 0. The summed E-state index contributed by atoms with van der Waals surface area (Å²) in [5, 5.41) is 0. The molecule has 0 aliphatic heterocycles. The van der Waals surface area contributed by atoms with Crippen LogP contribution in [0.1, 0.15) is 316 Å². The van der Waals surface area contributed by atoms with Crippen LogP contribution in [0.2, 0.25) is 0 Å². The van der Waals surface area contributed by atoms with Gasteiger partial charge in [-0.2, -0.15) is 0 Å². The van der Waals surface area contributed by atoms with Gasteiger partial charge < -0.3 is 14.2 Å². The van der Waals surface area contributed by atoms with Crippen LogP contribution in [0.5, 0.6) is 0 Å². The van der Waals surface area contributed by atoms with Gasteiger partial charge in [-0.05, 0) is 83.5 Å². The Morgan fingerprint density at radius 1 is 0.290 bits per heavy atom. The second-order valence-electron chi connectivity index (χ2n) is 20.3. The van der Waals surface area contributed by atoms with E-state index in [4.69, 9.17) is 14.2 Å². The standard InChI is InChI=1S/C63H114O6/c1-4-7-10-13-16-19-22-25-27-29-30-31-32-34-36-39-42-45-48-51-54-57-63(66)69-60(58-67-61(64)55-52-49-46-43-40-37-24-21-18-15-12-9-6-3)59-68-62(65)56-53-50-47-44-41-38-35-33-28-26-23-20-17-14-11-8-5-2/h17,20,25-28,35,38,60H,4-16,18-19,21-24,29-34,36-37,39-59H2,1-3H3/b20-17-,27-25-,28-26-,38-35-/t60-/m0/s1. The molecule has 0 aromatic heterocycles. The highest BCUT2D eigenvalue weighted by atomic mass is 16.6. The molecule has 0 amide bonds. The molecule has 0 aromatic rings. The Morgan fingerprint density at radius 2 is 0.522 bits per heavy atom. The van der Waals surface area contributed by atoms with Gasteiger partial charge in [0, 0.05) is 19.3 Å². The molecule has 0 rings (SSSR count). The summed E-state index contributed by atoms with van der Waals surface area (Å²) >= 11 is 0. The van der Waals surface area contributed by atoms with Crippen LogP contribution in [0, 0.1) is 0 Å². The molecular weight excluding hydrogens is 853 g/mol. The Hall–Kier alpha value is -2.63. The number of carbonyl (C=O) groups is 3. The van der Waals surface area contributed by atoms with Crippen LogP contribution in [0.15, 0.2) is 48.6 Å². The third kappa shape index (κ3) is 56.2. The van der Waals surface area contributed by atoms with Gasteiger partial charge in [0.05, 0.1) is 0 Å². The summed E-state index contributed by atoms with van der Waals surface area (Å²) < 4.78 is 16.9. The largest absolute Gasteiger partial charge is 0.462 e. The molecule has 0 bridgehead atoms. The van der Waals surface area contributed by atoms with Gasteiger partial charge in [0.1, 0.15) is 13.2 Å². The Bertz CT molecular complexity index is 1200. The number of allylic oxidation sites excluding steroid dienone is 8. The van der Waals surface area contributed by atoms with Crippen molar-refractivity contribution in [1.29, 1.82) is 0 Å². The molecule has 0 fully saturated rings. The number of unbranched alkanes of at least 4 members (excludes halogenated alkanes) is 36. The van der Waals surface area contributed by atoms with Crippen molar-refractivity contribution in [2.24, 2.45) is 0 Å². The fourth-order valence-electron chi connectivity index (χ4n) is 8.74. The SMILES string of the molecule is CCCCC/C=C\C/C=C\C/C=C\CCCCCCC(=O)OC[C@H](COC(=O)CCCCCCCCCCCCCCC)OC(=O)CCCCCCCCCCCCC/C=C\CCCCCCCC. The number of hydrogen-bond donors (Lipinski definition) is 0. The molecule has 0 saturated carbocycles. The molecule has 69 heavy (non-hydrogen) atoms. The van der Waals surface area contributed by atoms with E-state index in [1.807, 2.05) is 0 Å². The van der Waals surface area contributed by atoms with Crippen molar-refractivity contribution in [2.75, 3.05) is 13.2 Å². The molecule has 0 unspecified atom stereocenters. The molecular formula is C63H114O6. The van der Waals surface area contributed by atoms with Gasteiger partial charge in [-0.25, -0.2) is 0 Å². The normalized spacial score (nSPS) is 12.3. The van der Waals surface area contributed by atoms with E-state index in [9.17, 15) is 14.4 Å². The summed E-state index contributed by atoms with van der Waals surface area (Å²) in [5.41, 5.74) is 0. The predicted molar refractivity (Wildman–Crippen MR) is 298 cm³/mol. The zero-order valence-electron chi connectivity index (χ0n) is 46.1. The van der Waals surface area contributed by atoms with Gasteiger partial charge in [-0.15, -0.1) is 0 Å². The van der Waals surface area contributed by atoms with E-state index in [0.29, 0.717) is 19.3 Å². The summed E-state index contributed by atoms with van der Waals surface area (Å²) in [6.07, 6.45) is 71.0. The molecule has 6 nitrogen and oxygen atoms in total.